The van der Waals surface area contributed by atoms with Gasteiger partial charge in [0.05, 0.1) is 10.5 Å². The quantitative estimate of drug-likeness (QED) is 0.898. The number of nitrogens with one attached hydrogen (secondary N) is 1. The Balaban J connectivity index is 2.07. The van der Waals surface area contributed by atoms with Crippen LogP contribution in [-0.4, -0.2) is 15.0 Å². The van der Waals surface area contributed by atoms with Crippen LogP contribution in [0, 0.1) is 0 Å². The van der Waals surface area contributed by atoms with Gasteiger partial charge in [0.15, 0.2) is 0 Å². The van der Waals surface area contributed by atoms with Crippen molar-refractivity contribution in [2.75, 3.05) is 6.54 Å². The predicted molar refractivity (Wildman–Crippen MR) is 81.5 cm³/mol. The second-order valence-electron chi connectivity index (χ2n) is 5.19. The summed E-state index contributed by atoms with van der Waals surface area (Å²) in [5.74, 6) is -0.0552. The molecule has 124 valence electrons. The van der Waals surface area contributed by atoms with Gasteiger partial charge in [0.2, 0.25) is 10.0 Å². The first-order valence-electron chi connectivity index (χ1n) is 6.92. The molecule has 3 nitrogen and oxygen atoms in total. The summed E-state index contributed by atoms with van der Waals surface area (Å²) in [4.78, 5) is -0.189. The molecule has 0 saturated heterocycles. The van der Waals surface area contributed by atoms with Gasteiger partial charge in [-0.1, -0.05) is 37.3 Å². The third kappa shape index (κ3) is 4.56. The van der Waals surface area contributed by atoms with Crippen molar-refractivity contribution >= 4 is 10.0 Å². The second kappa shape index (κ2) is 6.72. The summed E-state index contributed by atoms with van der Waals surface area (Å²) in [6.45, 7) is 2.03. The molecule has 0 spiro atoms. The van der Waals surface area contributed by atoms with E-state index in [9.17, 15) is 21.6 Å². The minimum absolute atomic E-state index is 0.0552. The Morgan fingerprint density at radius 1 is 1.00 bits per heavy atom. The summed E-state index contributed by atoms with van der Waals surface area (Å²) in [7, 11) is -3.84. The van der Waals surface area contributed by atoms with Crippen LogP contribution in [0.5, 0.6) is 0 Å². The van der Waals surface area contributed by atoms with Crippen LogP contribution in [0.4, 0.5) is 13.2 Å². The summed E-state index contributed by atoms with van der Waals surface area (Å²) in [5.41, 5.74) is 0.0942. The van der Waals surface area contributed by atoms with Crippen molar-refractivity contribution in [2.24, 2.45) is 0 Å². The first-order valence-corrected chi connectivity index (χ1v) is 8.40. The lowest BCUT2D eigenvalue weighted by molar-refractivity contribution is -0.137. The minimum atomic E-state index is -4.49. The number of hydrogen-bond donors (Lipinski definition) is 1. The molecule has 1 N–H and O–H groups in total. The highest BCUT2D eigenvalue weighted by molar-refractivity contribution is 7.89. The first-order chi connectivity index (χ1) is 10.7. The van der Waals surface area contributed by atoms with Crippen LogP contribution in [0.15, 0.2) is 59.5 Å². The topological polar surface area (TPSA) is 46.2 Å². The van der Waals surface area contributed by atoms with Gasteiger partial charge in [0.25, 0.3) is 0 Å². The minimum Gasteiger partial charge on any atom is -0.211 e. The molecule has 0 aliphatic carbocycles. The number of benzene rings is 2. The Bertz CT molecular complexity index is 741. The first kappa shape index (κ1) is 17.5. The molecule has 0 heterocycles. The van der Waals surface area contributed by atoms with E-state index in [-0.39, 0.29) is 17.4 Å². The van der Waals surface area contributed by atoms with E-state index in [1.165, 1.54) is 0 Å². The second-order valence-corrected chi connectivity index (χ2v) is 6.95. The largest absolute Gasteiger partial charge is 0.416 e. The van der Waals surface area contributed by atoms with E-state index in [0.717, 1.165) is 29.8 Å². The summed E-state index contributed by atoms with van der Waals surface area (Å²) < 4.78 is 64.2. The van der Waals surface area contributed by atoms with E-state index < -0.39 is 21.8 Å². The van der Waals surface area contributed by atoms with E-state index in [0.29, 0.717) is 0 Å². The highest BCUT2D eigenvalue weighted by atomic mass is 32.2. The molecule has 1 atom stereocenters. The normalized spacial score (nSPS) is 13.7. The average Bonchev–Trinajstić information content (AvgIpc) is 2.53. The Morgan fingerprint density at radius 2 is 1.57 bits per heavy atom. The highest BCUT2D eigenvalue weighted by Crippen LogP contribution is 2.29. The Morgan fingerprint density at radius 3 is 2.09 bits per heavy atom. The molecule has 2 rings (SSSR count). The Labute approximate surface area is 133 Å². The van der Waals surface area contributed by atoms with E-state index in [1.54, 1.807) is 0 Å². The molecule has 0 unspecified atom stereocenters. The molecule has 23 heavy (non-hydrogen) atoms. The lowest BCUT2D eigenvalue weighted by Gasteiger charge is -2.14. The van der Waals surface area contributed by atoms with Crippen molar-refractivity contribution in [1.29, 1.82) is 0 Å². The van der Waals surface area contributed by atoms with Crippen molar-refractivity contribution in [2.45, 2.75) is 23.9 Å². The van der Waals surface area contributed by atoms with E-state index >= 15 is 0 Å². The molecule has 2 aromatic carbocycles. The van der Waals surface area contributed by atoms with Crippen LogP contribution >= 0.6 is 0 Å². The van der Waals surface area contributed by atoms with Gasteiger partial charge in [-0.2, -0.15) is 13.2 Å². The van der Waals surface area contributed by atoms with Gasteiger partial charge in [-0.15, -0.1) is 0 Å². The van der Waals surface area contributed by atoms with Gasteiger partial charge in [0.1, 0.15) is 0 Å². The molecule has 0 amide bonds. The molecule has 0 radical (unpaired) electrons. The van der Waals surface area contributed by atoms with E-state index in [1.807, 2.05) is 37.3 Å². The fourth-order valence-electron chi connectivity index (χ4n) is 2.04. The molecule has 0 aromatic heterocycles. The third-order valence-electron chi connectivity index (χ3n) is 3.44. The molecule has 0 aliphatic heterocycles. The molecule has 0 fully saturated rings. The highest BCUT2D eigenvalue weighted by Gasteiger charge is 2.30. The molecule has 7 heteroatoms. The molecular weight excluding hydrogens is 327 g/mol. The van der Waals surface area contributed by atoms with Crippen molar-refractivity contribution in [3.05, 3.63) is 65.7 Å². The molecular formula is C16H16F3NO2S. The van der Waals surface area contributed by atoms with Crippen LogP contribution in [0.1, 0.15) is 24.0 Å². The van der Waals surface area contributed by atoms with Gasteiger partial charge < -0.3 is 0 Å². The van der Waals surface area contributed by atoms with Crippen LogP contribution in [0.3, 0.4) is 0 Å². The number of alkyl halides is 3. The zero-order valence-corrected chi connectivity index (χ0v) is 13.2. The third-order valence-corrected chi connectivity index (χ3v) is 4.88. The Hall–Kier alpha value is -1.86. The van der Waals surface area contributed by atoms with Crippen molar-refractivity contribution in [1.82, 2.24) is 4.72 Å². The van der Waals surface area contributed by atoms with Crippen LogP contribution in [0.2, 0.25) is 0 Å². The molecule has 2 aromatic rings. The fraction of sp³-hybridized carbons (Fsp3) is 0.250. The average molecular weight is 343 g/mol. The molecule has 0 bridgehead atoms. The van der Waals surface area contributed by atoms with Crippen molar-refractivity contribution in [3.63, 3.8) is 0 Å². The zero-order chi connectivity index (χ0) is 17.1. The monoisotopic (exact) mass is 343 g/mol. The number of hydrogen-bond acceptors (Lipinski definition) is 2. The van der Waals surface area contributed by atoms with Crippen LogP contribution in [-0.2, 0) is 16.2 Å². The standard InChI is InChI=1S/C16H16F3NO2S/c1-12(13-5-3-2-4-6-13)11-20-23(21,22)15-9-7-14(8-10-15)16(17,18)19/h2-10,12,20H,11H2,1H3/t12-/m0/s1. The van der Waals surface area contributed by atoms with Gasteiger partial charge >= 0.3 is 6.18 Å². The van der Waals surface area contributed by atoms with Gasteiger partial charge in [-0.25, -0.2) is 13.1 Å². The predicted octanol–water partition coefficient (Wildman–Crippen LogP) is 3.79. The molecule has 0 saturated carbocycles. The maximum absolute atomic E-state index is 12.5. The fourth-order valence-corrected chi connectivity index (χ4v) is 3.17. The van der Waals surface area contributed by atoms with E-state index in [4.69, 9.17) is 0 Å². The number of rotatable bonds is 5. The summed E-state index contributed by atoms with van der Waals surface area (Å²) in [5, 5.41) is 0. The zero-order valence-electron chi connectivity index (χ0n) is 12.3. The van der Waals surface area contributed by atoms with E-state index in [2.05, 4.69) is 4.72 Å². The lowest BCUT2D eigenvalue weighted by Crippen LogP contribution is -2.27. The number of sulfonamides is 1. The number of halogens is 3. The maximum atomic E-state index is 12.5. The lowest BCUT2D eigenvalue weighted by atomic mass is 10.0. The Kier molecular flexibility index (Phi) is 5.11. The van der Waals surface area contributed by atoms with Gasteiger partial charge in [0, 0.05) is 6.54 Å². The molecule has 0 aliphatic rings. The van der Waals surface area contributed by atoms with Gasteiger partial charge in [-0.3, -0.25) is 0 Å². The van der Waals surface area contributed by atoms with Crippen molar-refractivity contribution in [3.8, 4) is 0 Å². The van der Waals surface area contributed by atoms with Gasteiger partial charge in [-0.05, 0) is 35.7 Å². The SMILES string of the molecule is C[C@@H](CNS(=O)(=O)c1ccc(C(F)(F)F)cc1)c1ccccc1. The van der Waals surface area contributed by atoms with Crippen molar-refractivity contribution < 1.29 is 21.6 Å². The van der Waals surface area contributed by atoms with Crippen LogP contribution in [0.25, 0.3) is 0 Å². The summed E-state index contributed by atoms with van der Waals surface area (Å²) in [6.07, 6.45) is -4.49. The summed E-state index contributed by atoms with van der Waals surface area (Å²) in [6, 6.07) is 12.8. The smallest absolute Gasteiger partial charge is 0.211 e. The summed E-state index contributed by atoms with van der Waals surface area (Å²) >= 11 is 0. The maximum Gasteiger partial charge on any atom is 0.416 e. The van der Waals surface area contributed by atoms with Crippen LogP contribution < -0.4 is 4.72 Å².